The number of methoxy groups -OCH3 is 1. The quantitative estimate of drug-likeness (QED) is 0.891. The molecule has 0 amide bonds. The predicted molar refractivity (Wildman–Crippen MR) is 67.8 cm³/mol. The summed E-state index contributed by atoms with van der Waals surface area (Å²) < 4.78 is 43.1. The number of aromatic hydroxyl groups is 1. The third-order valence-corrected chi connectivity index (χ3v) is 3.33. The number of hydrogen-bond donors (Lipinski definition) is 2. The summed E-state index contributed by atoms with van der Waals surface area (Å²) in [5.74, 6) is -0.939. The minimum atomic E-state index is -4.55. The van der Waals surface area contributed by atoms with Crippen molar-refractivity contribution in [2.45, 2.75) is 12.7 Å². The lowest BCUT2D eigenvalue weighted by Crippen LogP contribution is -2.42. The fraction of sp³-hybridized carbons (Fsp3) is 0.538. The van der Waals surface area contributed by atoms with Crippen LogP contribution in [0.15, 0.2) is 12.1 Å². The molecular formula is C13H17F3N2O2. The van der Waals surface area contributed by atoms with E-state index >= 15 is 0 Å². The summed E-state index contributed by atoms with van der Waals surface area (Å²) in [7, 11) is 1.12. The van der Waals surface area contributed by atoms with Crippen LogP contribution >= 0.6 is 0 Å². The van der Waals surface area contributed by atoms with Gasteiger partial charge in [0.15, 0.2) is 11.5 Å². The van der Waals surface area contributed by atoms with Crippen LogP contribution in [0, 0.1) is 0 Å². The van der Waals surface area contributed by atoms with E-state index in [0.29, 0.717) is 12.1 Å². The van der Waals surface area contributed by atoms with E-state index in [0.717, 1.165) is 39.4 Å². The zero-order valence-corrected chi connectivity index (χ0v) is 11.1. The lowest BCUT2D eigenvalue weighted by Gasteiger charge is -2.27. The van der Waals surface area contributed by atoms with Crippen LogP contribution in [-0.2, 0) is 12.7 Å². The minimum Gasteiger partial charge on any atom is -0.504 e. The largest absolute Gasteiger partial charge is 0.504 e. The molecule has 0 bridgehead atoms. The monoisotopic (exact) mass is 290 g/mol. The van der Waals surface area contributed by atoms with Crippen molar-refractivity contribution in [3.05, 3.63) is 23.3 Å². The predicted octanol–water partition coefficient (Wildman–Crippen LogP) is 1.82. The van der Waals surface area contributed by atoms with Gasteiger partial charge in [0.1, 0.15) is 5.56 Å². The topological polar surface area (TPSA) is 44.7 Å². The fourth-order valence-corrected chi connectivity index (χ4v) is 2.28. The van der Waals surface area contributed by atoms with Crippen LogP contribution in [0.2, 0.25) is 0 Å². The van der Waals surface area contributed by atoms with Crippen molar-refractivity contribution >= 4 is 0 Å². The molecule has 0 spiro atoms. The molecule has 2 rings (SSSR count). The number of halogens is 3. The van der Waals surface area contributed by atoms with Crippen molar-refractivity contribution < 1.29 is 23.0 Å². The highest BCUT2D eigenvalue weighted by atomic mass is 19.4. The van der Waals surface area contributed by atoms with Gasteiger partial charge in [-0.3, -0.25) is 4.90 Å². The number of phenolic OH excluding ortho intramolecular Hbond substituents is 1. The van der Waals surface area contributed by atoms with Crippen LogP contribution in [-0.4, -0.2) is 43.3 Å². The van der Waals surface area contributed by atoms with Crippen LogP contribution < -0.4 is 10.1 Å². The number of hydrogen-bond acceptors (Lipinski definition) is 4. The van der Waals surface area contributed by atoms with Gasteiger partial charge in [0.2, 0.25) is 0 Å². The van der Waals surface area contributed by atoms with Crippen LogP contribution in [0.3, 0.4) is 0 Å². The van der Waals surface area contributed by atoms with Crippen molar-refractivity contribution in [2.24, 2.45) is 0 Å². The van der Waals surface area contributed by atoms with E-state index < -0.39 is 23.2 Å². The molecule has 1 aromatic carbocycles. The Morgan fingerprint density at radius 2 is 1.95 bits per heavy atom. The van der Waals surface area contributed by atoms with Crippen molar-refractivity contribution in [2.75, 3.05) is 33.3 Å². The lowest BCUT2D eigenvalue weighted by atomic mass is 10.1. The van der Waals surface area contributed by atoms with Crippen molar-refractivity contribution in [3.63, 3.8) is 0 Å². The summed E-state index contributed by atoms with van der Waals surface area (Å²) >= 11 is 0. The number of nitrogens with one attached hydrogen (secondary N) is 1. The number of piperazine rings is 1. The Morgan fingerprint density at radius 1 is 1.30 bits per heavy atom. The molecule has 7 heteroatoms. The standard InChI is InChI=1S/C13H17F3N2O2/c1-20-12-10(13(14,15)16)3-2-9(11(12)19)8-18-6-4-17-5-7-18/h2-3,17,19H,4-8H2,1H3. The van der Waals surface area contributed by atoms with E-state index in [2.05, 4.69) is 10.2 Å². The molecule has 0 saturated carbocycles. The lowest BCUT2D eigenvalue weighted by molar-refractivity contribution is -0.138. The second-order valence-electron chi connectivity index (χ2n) is 4.68. The number of nitrogens with zero attached hydrogens (tertiary/aromatic N) is 1. The first-order chi connectivity index (χ1) is 9.43. The Labute approximate surface area is 115 Å². The van der Waals surface area contributed by atoms with E-state index in [-0.39, 0.29) is 0 Å². The Bertz CT molecular complexity index is 471. The van der Waals surface area contributed by atoms with Crippen molar-refractivity contribution in [1.82, 2.24) is 10.2 Å². The van der Waals surface area contributed by atoms with Crippen LogP contribution in [0.4, 0.5) is 13.2 Å². The maximum atomic E-state index is 12.8. The van der Waals surface area contributed by atoms with Gasteiger partial charge >= 0.3 is 6.18 Å². The van der Waals surface area contributed by atoms with E-state index in [1.807, 2.05) is 0 Å². The van der Waals surface area contributed by atoms with Gasteiger partial charge in [-0.25, -0.2) is 0 Å². The highest BCUT2D eigenvalue weighted by Gasteiger charge is 2.36. The summed E-state index contributed by atoms with van der Waals surface area (Å²) in [4.78, 5) is 2.07. The Hall–Kier alpha value is -1.47. The Kier molecular flexibility index (Phi) is 4.39. The molecule has 20 heavy (non-hydrogen) atoms. The molecule has 1 fully saturated rings. The van der Waals surface area contributed by atoms with Gasteiger partial charge in [0, 0.05) is 38.3 Å². The average Bonchev–Trinajstić information content (AvgIpc) is 2.40. The molecule has 112 valence electrons. The first-order valence-corrected chi connectivity index (χ1v) is 6.32. The number of ether oxygens (including phenoxy) is 1. The van der Waals surface area contributed by atoms with Gasteiger partial charge in [-0.05, 0) is 6.07 Å². The van der Waals surface area contributed by atoms with Crippen LogP contribution in [0.1, 0.15) is 11.1 Å². The van der Waals surface area contributed by atoms with E-state index in [4.69, 9.17) is 4.74 Å². The second-order valence-corrected chi connectivity index (χ2v) is 4.68. The highest BCUT2D eigenvalue weighted by molar-refractivity contribution is 5.52. The summed E-state index contributed by atoms with van der Waals surface area (Å²) in [5.41, 5.74) is -0.515. The van der Waals surface area contributed by atoms with Gasteiger partial charge < -0.3 is 15.2 Å². The van der Waals surface area contributed by atoms with Gasteiger partial charge in [-0.2, -0.15) is 13.2 Å². The van der Waals surface area contributed by atoms with Crippen molar-refractivity contribution in [3.8, 4) is 11.5 Å². The molecule has 0 radical (unpaired) electrons. The molecule has 2 N–H and O–H groups in total. The molecule has 1 heterocycles. The van der Waals surface area contributed by atoms with E-state index in [1.165, 1.54) is 6.07 Å². The number of benzene rings is 1. The van der Waals surface area contributed by atoms with Crippen molar-refractivity contribution in [1.29, 1.82) is 0 Å². The number of phenols is 1. The summed E-state index contributed by atoms with van der Waals surface area (Å²) in [6, 6.07) is 2.26. The third kappa shape index (κ3) is 3.16. The van der Waals surface area contributed by atoms with Gasteiger partial charge in [-0.15, -0.1) is 0 Å². The van der Waals surface area contributed by atoms with Crippen LogP contribution in [0.5, 0.6) is 11.5 Å². The fourth-order valence-electron chi connectivity index (χ4n) is 2.28. The molecule has 0 aromatic heterocycles. The van der Waals surface area contributed by atoms with Gasteiger partial charge in [0.05, 0.1) is 7.11 Å². The van der Waals surface area contributed by atoms with Gasteiger partial charge in [-0.1, -0.05) is 6.07 Å². The molecule has 1 aromatic rings. The first kappa shape index (κ1) is 14.9. The summed E-state index contributed by atoms with van der Waals surface area (Å²) in [5, 5.41) is 13.2. The number of alkyl halides is 3. The Morgan fingerprint density at radius 3 is 2.50 bits per heavy atom. The zero-order chi connectivity index (χ0) is 14.8. The third-order valence-electron chi connectivity index (χ3n) is 3.33. The molecular weight excluding hydrogens is 273 g/mol. The zero-order valence-electron chi connectivity index (χ0n) is 11.1. The van der Waals surface area contributed by atoms with E-state index in [9.17, 15) is 18.3 Å². The maximum absolute atomic E-state index is 12.8. The molecule has 1 aliphatic rings. The number of rotatable bonds is 3. The normalized spacial score (nSPS) is 17.2. The molecule has 0 unspecified atom stereocenters. The minimum absolute atomic E-state index is 0.405. The second kappa shape index (κ2) is 5.88. The summed E-state index contributed by atoms with van der Waals surface area (Å²) in [6.45, 7) is 3.66. The maximum Gasteiger partial charge on any atom is 0.420 e. The molecule has 1 aliphatic heterocycles. The first-order valence-electron chi connectivity index (χ1n) is 6.32. The van der Waals surface area contributed by atoms with Crippen LogP contribution in [0.25, 0.3) is 0 Å². The van der Waals surface area contributed by atoms with Gasteiger partial charge in [0.25, 0.3) is 0 Å². The summed E-state index contributed by atoms with van der Waals surface area (Å²) in [6.07, 6.45) is -4.55. The Balaban J connectivity index is 2.26. The van der Waals surface area contributed by atoms with E-state index in [1.54, 1.807) is 0 Å². The molecule has 4 nitrogen and oxygen atoms in total. The smallest absolute Gasteiger partial charge is 0.420 e. The molecule has 1 saturated heterocycles. The SMILES string of the molecule is COc1c(C(F)(F)F)ccc(CN2CCNCC2)c1O. The molecule has 0 atom stereocenters. The molecule has 0 aliphatic carbocycles. The average molecular weight is 290 g/mol. The highest BCUT2D eigenvalue weighted by Crippen LogP contribution is 2.42.